The molecule has 0 aliphatic carbocycles. The second kappa shape index (κ2) is 13.7. The van der Waals surface area contributed by atoms with Gasteiger partial charge in [0.15, 0.2) is 5.96 Å². The summed E-state index contributed by atoms with van der Waals surface area (Å²) >= 11 is 0. The number of guanidine groups is 1. The van der Waals surface area contributed by atoms with Crippen LogP contribution in [-0.4, -0.2) is 88.2 Å². The lowest BCUT2D eigenvalue weighted by Crippen LogP contribution is -2.53. The molecule has 1 aliphatic heterocycles. The van der Waals surface area contributed by atoms with Crippen LogP contribution < -0.4 is 10.2 Å². The topological polar surface area (TPSA) is 60.4 Å². The normalized spacial score (nSPS) is 14.4. The number of likely N-dealkylation sites (N-methyl/N-ethyl adjacent to an activating group) is 1. The summed E-state index contributed by atoms with van der Waals surface area (Å²) in [5.74, 6) is 0.823. The van der Waals surface area contributed by atoms with Gasteiger partial charge in [0.2, 0.25) is 5.91 Å². The Morgan fingerprint density at radius 3 is 2.47 bits per heavy atom. The number of ether oxygens (including phenoxy) is 1. The third-order valence-electron chi connectivity index (χ3n) is 5.25. The molecule has 1 fully saturated rings. The molecule has 0 unspecified atom stereocenters. The predicted octanol–water partition coefficient (Wildman–Crippen LogP) is 2.50. The van der Waals surface area contributed by atoms with Gasteiger partial charge < -0.3 is 24.8 Å². The van der Waals surface area contributed by atoms with Crippen molar-refractivity contribution in [3.63, 3.8) is 0 Å². The number of benzene rings is 1. The predicted molar refractivity (Wildman–Crippen MR) is 135 cm³/mol. The molecule has 2 rings (SSSR count). The second-order valence-corrected chi connectivity index (χ2v) is 7.65. The van der Waals surface area contributed by atoms with E-state index in [0.29, 0.717) is 0 Å². The molecule has 0 radical (unpaired) electrons. The van der Waals surface area contributed by atoms with Gasteiger partial charge in [0.25, 0.3) is 0 Å². The number of amides is 1. The molecule has 0 spiro atoms. The molecule has 1 N–H and O–H groups in total. The highest BCUT2D eigenvalue weighted by atomic mass is 127. The fraction of sp³-hybridized carbons (Fsp3) is 0.636. The first-order chi connectivity index (χ1) is 13.9. The Balaban J connectivity index is 0.00000450. The van der Waals surface area contributed by atoms with E-state index in [9.17, 15) is 4.79 Å². The summed E-state index contributed by atoms with van der Waals surface area (Å²) in [6.07, 6.45) is 0.914. The van der Waals surface area contributed by atoms with Gasteiger partial charge in [-0.1, -0.05) is 6.07 Å². The molecular formula is C22H38IN5O2. The molecule has 0 bridgehead atoms. The number of hydrogen-bond donors (Lipinski definition) is 1. The van der Waals surface area contributed by atoms with Crippen LogP contribution in [0.25, 0.3) is 0 Å². The number of nitrogens with zero attached hydrogens (tertiary/aromatic N) is 4. The Morgan fingerprint density at radius 2 is 1.87 bits per heavy atom. The van der Waals surface area contributed by atoms with Crippen LogP contribution in [0.1, 0.15) is 24.5 Å². The SMILES string of the molecule is CCOCCCNC(=NCC(=O)N(C)C)N1CCN(c2ccc(C)c(C)c2)CC1.I. The standard InChI is InChI=1S/C22H37N5O2.HI/c1-6-29-15-7-10-23-22(24-17-21(28)25(4)5)27-13-11-26(12-14-27)20-9-8-18(2)19(3)16-20;/h8-9,16H,6-7,10-15,17H2,1-5H3,(H,23,24);1H. The minimum Gasteiger partial charge on any atom is -0.382 e. The highest BCUT2D eigenvalue weighted by Crippen LogP contribution is 2.20. The molecule has 1 aromatic carbocycles. The molecule has 1 aromatic rings. The van der Waals surface area contributed by atoms with E-state index in [0.717, 1.165) is 58.3 Å². The minimum atomic E-state index is 0. The molecule has 0 atom stereocenters. The van der Waals surface area contributed by atoms with Crippen LogP contribution >= 0.6 is 24.0 Å². The van der Waals surface area contributed by atoms with Crippen LogP contribution in [0, 0.1) is 13.8 Å². The average molecular weight is 531 g/mol. The van der Waals surface area contributed by atoms with E-state index in [-0.39, 0.29) is 36.4 Å². The minimum absolute atomic E-state index is 0. The lowest BCUT2D eigenvalue weighted by molar-refractivity contribution is -0.127. The fourth-order valence-electron chi connectivity index (χ4n) is 3.17. The van der Waals surface area contributed by atoms with Crippen LogP contribution in [0.5, 0.6) is 0 Å². The Labute approximate surface area is 198 Å². The highest BCUT2D eigenvalue weighted by Gasteiger charge is 2.20. The number of anilines is 1. The van der Waals surface area contributed by atoms with Crippen LogP contribution in [0.3, 0.4) is 0 Å². The van der Waals surface area contributed by atoms with Gasteiger partial charge in [0, 0.05) is 65.7 Å². The maximum Gasteiger partial charge on any atom is 0.243 e. The maximum absolute atomic E-state index is 12.0. The zero-order valence-corrected chi connectivity index (χ0v) is 21.4. The van der Waals surface area contributed by atoms with Gasteiger partial charge >= 0.3 is 0 Å². The zero-order valence-electron chi connectivity index (χ0n) is 19.1. The number of hydrogen-bond acceptors (Lipinski definition) is 4. The largest absolute Gasteiger partial charge is 0.382 e. The summed E-state index contributed by atoms with van der Waals surface area (Å²) in [5, 5.41) is 3.42. The van der Waals surface area contributed by atoms with Gasteiger partial charge in [-0.2, -0.15) is 0 Å². The van der Waals surface area contributed by atoms with Gasteiger partial charge in [0.1, 0.15) is 6.54 Å². The van der Waals surface area contributed by atoms with Crippen LogP contribution in [-0.2, 0) is 9.53 Å². The van der Waals surface area contributed by atoms with Crippen LogP contribution in [0.4, 0.5) is 5.69 Å². The van der Waals surface area contributed by atoms with Crippen molar-refractivity contribution in [3.05, 3.63) is 29.3 Å². The van der Waals surface area contributed by atoms with Gasteiger partial charge in [0.05, 0.1) is 0 Å². The van der Waals surface area contributed by atoms with Gasteiger partial charge in [-0.25, -0.2) is 4.99 Å². The van der Waals surface area contributed by atoms with Crippen LogP contribution in [0.2, 0.25) is 0 Å². The molecule has 30 heavy (non-hydrogen) atoms. The summed E-state index contributed by atoms with van der Waals surface area (Å²) in [6, 6.07) is 6.66. The molecule has 1 saturated heterocycles. The van der Waals surface area contributed by atoms with E-state index >= 15 is 0 Å². The molecule has 0 saturated carbocycles. The molecule has 1 aliphatic rings. The first kappa shape index (κ1) is 26.5. The van der Waals surface area contributed by atoms with E-state index in [1.54, 1.807) is 19.0 Å². The summed E-state index contributed by atoms with van der Waals surface area (Å²) in [7, 11) is 3.52. The van der Waals surface area contributed by atoms with Crippen molar-refractivity contribution in [1.82, 2.24) is 15.1 Å². The van der Waals surface area contributed by atoms with E-state index < -0.39 is 0 Å². The smallest absolute Gasteiger partial charge is 0.243 e. The van der Waals surface area contributed by atoms with Crippen molar-refractivity contribution in [2.24, 2.45) is 4.99 Å². The van der Waals surface area contributed by atoms with E-state index in [2.05, 4.69) is 52.2 Å². The van der Waals surface area contributed by atoms with Crippen molar-refractivity contribution in [2.75, 3.05) is 71.5 Å². The first-order valence-electron chi connectivity index (χ1n) is 10.6. The number of piperazine rings is 1. The second-order valence-electron chi connectivity index (χ2n) is 7.65. The van der Waals surface area contributed by atoms with Crippen molar-refractivity contribution in [2.45, 2.75) is 27.2 Å². The highest BCUT2D eigenvalue weighted by molar-refractivity contribution is 14.0. The summed E-state index contributed by atoms with van der Waals surface area (Å²) in [6.45, 7) is 12.3. The van der Waals surface area contributed by atoms with Crippen molar-refractivity contribution in [1.29, 1.82) is 0 Å². The van der Waals surface area contributed by atoms with Gasteiger partial charge in [-0.15, -0.1) is 24.0 Å². The molecule has 8 heteroatoms. The number of carbonyl (C=O) groups is 1. The number of halogens is 1. The first-order valence-corrected chi connectivity index (χ1v) is 10.6. The van der Waals surface area contributed by atoms with Crippen molar-refractivity contribution in [3.8, 4) is 0 Å². The number of aryl methyl sites for hydroxylation is 2. The summed E-state index contributed by atoms with van der Waals surface area (Å²) in [4.78, 5) is 22.8. The van der Waals surface area contributed by atoms with Gasteiger partial charge in [-0.3, -0.25) is 4.79 Å². The summed E-state index contributed by atoms with van der Waals surface area (Å²) in [5.41, 5.74) is 3.92. The van der Waals surface area contributed by atoms with Crippen molar-refractivity contribution < 1.29 is 9.53 Å². The molecule has 0 aromatic heterocycles. The van der Waals surface area contributed by atoms with Crippen LogP contribution in [0.15, 0.2) is 23.2 Å². The number of carbonyl (C=O) groups excluding carboxylic acids is 1. The number of rotatable bonds is 8. The Kier molecular flexibility index (Phi) is 12.1. The zero-order chi connectivity index (χ0) is 21.2. The molecular weight excluding hydrogens is 493 g/mol. The van der Waals surface area contributed by atoms with Crippen molar-refractivity contribution >= 4 is 41.5 Å². The third kappa shape index (κ3) is 8.29. The number of aliphatic imine (C=N–C) groups is 1. The number of nitrogens with one attached hydrogen (secondary N) is 1. The van der Waals surface area contributed by atoms with E-state index in [4.69, 9.17) is 4.74 Å². The Bertz CT molecular complexity index is 688. The summed E-state index contributed by atoms with van der Waals surface area (Å²) < 4.78 is 5.41. The quantitative estimate of drug-likeness (QED) is 0.242. The maximum atomic E-state index is 12.0. The molecule has 170 valence electrons. The molecule has 1 heterocycles. The molecule has 7 nitrogen and oxygen atoms in total. The monoisotopic (exact) mass is 531 g/mol. The lowest BCUT2D eigenvalue weighted by Gasteiger charge is -2.38. The van der Waals surface area contributed by atoms with E-state index in [1.165, 1.54) is 16.8 Å². The average Bonchev–Trinajstić information content (AvgIpc) is 2.72. The van der Waals surface area contributed by atoms with E-state index in [1.807, 2.05) is 6.92 Å². The Hall–Kier alpha value is -1.55. The van der Waals surface area contributed by atoms with Gasteiger partial charge in [-0.05, 0) is 50.5 Å². The Morgan fingerprint density at radius 1 is 1.17 bits per heavy atom. The third-order valence-corrected chi connectivity index (χ3v) is 5.25. The lowest BCUT2D eigenvalue weighted by atomic mass is 10.1. The fourth-order valence-corrected chi connectivity index (χ4v) is 3.17. The molecule has 1 amide bonds.